The molecule has 0 bridgehead atoms. The summed E-state index contributed by atoms with van der Waals surface area (Å²) in [7, 11) is 1.93. The fourth-order valence-electron chi connectivity index (χ4n) is 1.69. The average molecular weight is 188 g/mol. The number of aromatic nitrogens is 1. The third-order valence-electron chi connectivity index (χ3n) is 2.38. The molecule has 0 aliphatic carbocycles. The molecular weight excluding hydrogens is 176 g/mol. The smallest absolute Gasteiger partial charge is 0.178 e. The second-order valence-corrected chi connectivity index (χ2v) is 3.30. The van der Waals surface area contributed by atoms with E-state index >= 15 is 0 Å². The van der Waals surface area contributed by atoms with E-state index in [4.69, 9.17) is 5.73 Å². The second-order valence-electron chi connectivity index (χ2n) is 3.30. The first kappa shape index (κ1) is 8.97. The molecule has 0 unspecified atom stereocenters. The number of benzene rings is 1. The number of carbonyl (C=O) groups excluding carboxylic acids is 1. The number of para-hydroxylation sites is 1. The predicted octanol–water partition coefficient (Wildman–Crippen LogP) is 1.32. The zero-order chi connectivity index (χ0) is 10.1. The van der Waals surface area contributed by atoms with Crippen molar-refractivity contribution < 1.29 is 4.79 Å². The number of hydrogen-bond acceptors (Lipinski definition) is 2. The molecule has 1 heterocycles. The molecule has 2 N–H and O–H groups in total. The van der Waals surface area contributed by atoms with Crippen LogP contribution in [0.25, 0.3) is 10.9 Å². The molecule has 1 aromatic heterocycles. The summed E-state index contributed by atoms with van der Waals surface area (Å²) in [4.78, 5) is 11.5. The van der Waals surface area contributed by atoms with Gasteiger partial charge in [-0.2, -0.15) is 0 Å². The van der Waals surface area contributed by atoms with Gasteiger partial charge < -0.3 is 10.3 Å². The van der Waals surface area contributed by atoms with Crippen LogP contribution in [-0.2, 0) is 7.05 Å². The third kappa shape index (κ3) is 1.22. The molecule has 3 nitrogen and oxygen atoms in total. The minimum atomic E-state index is -0.0163. The quantitative estimate of drug-likeness (QED) is 0.722. The summed E-state index contributed by atoms with van der Waals surface area (Å²) in [5.74, 6) is -0.0163. The van der Waals surface area contributed by atoms with Gasteiger partial charge in [-0.3, -0.25) is 4.79 Å². The van der Waals surface area contributed by atoms with E-state index in [0.29, 0.717) is 5.56 Å². The fraction of sp³-hybridized carbons (Fsp3) is 0.182. The zero-order valence-corrected chi connectivity index (χ0v) is 8.03. The number of aryl methyl sites for hydroxylation is 1. The topological polar surface area (TPSA) is 48.0 Å². The van der Waals surface area contributed by atoms with Crippen molar-refractivity contribution in [1.82, 2.24) is 4.57 Å². The summed E-state index contributed by atoms with van der Waals surface area (Å²) < 4.78 is 1.94. The summed E-state index contributed by atoms with van der Waals surface area (Å²) in [6.07, 6.45) is 1.94. The van der Waals surface area contributed by atoms with Gasteiger partial charge in [0.25, 0.3) is 0 Å². The third-order valence-corrected chi connectivity index (χ3v) is 2.38. The Morgan fingerprint density at radius 3 is 2.93 bits per heavy atom. The van der Waals surface area contributed by atoms with Crippen molar-refractivity contribution in [2.24, 2.45) is 12.8 Å². The normalized spacial score (nSPS) is 10.7. The van der Waals surface area contributed by atoms with Crippen molar-refractivity contribution in [1.29, 1.82) is 0 Å². The maximum atomic E-state index is 11.5. The molecule has 3 heteroatoms. The van der Waals surface area contributed by atoms with Crippen LogP contribution in [0.15, 0.2) is 30.5 Å². The molecule has 0 saturated heterocycles. The van der Waals surface area contributed by atoms with E-state index in [-0.39, 0.29) is 12.3 Å². The number of Topliss-reactive ketones (excluding diaryl/α,β-unsaturated/α-hetero) is 1. The summed E-state index contributed by atoms with van der Waals surface area (Å²) in [6.45, 7) is 0.0598. The van der Waals surface area contributed by atoms with E-state index in [0.717, 1.165) is 10.9 Å². The first-order valence-electron chi connectivity index (χ1n) is 4.51. The molecule has 0 aliphatic rings. The summed E-state index contributed by atoms with van der Waals surface area (Å²) in [6, 6.07) is 7.67. The van der Waals surface area contributed by atoms with E-state index in [1.165, 1.54) is 0 Å². The molecule has 0 saturated carbocycles. The molecule has 72 valence electrons. The Labute approximate surface area is 82.1 Å². The number of ketones is 1. The SMILES string of the molecule is Cn1ccc2cccc(C(=O)CN)c21. The van der Waals surface area contributed by atoms with Gasteiger partial charge >= 0.3 is 0 Å². The van der Waals surface area contributed by atoms with Crippen LogP contribution in [0, 0.1) is 0 Å². The van der Waals surface area contributed by atoms with Crippen LogP contribution in [0.4, 0.5) is 0 Å². The number of carbonyl (C=O) groups is 1. The van der Waals surface area contributed by atoms with Crippen LogP contribution < -0.4 is 5.73 Å². The Morgan fingerprint density at radius 1 is 1.43 bits per heavy atom. The largest absolute Gasteiger partial charge is 0.350 e. The molecular formula is C11H12N2O. The van der Waals surface area contributed by atoms with E-state index in [1.807, 2.05) is 42.1 Å². The maximum Gasteiger partial charge on any atom is 0.178 e. The molecule has 1 aromatic carbocycles. The van der Waals surface area contributed by atoms with Gasteiger partial charge in [-0.15, -0.1) is 0 Å². The van der Waals surface area contributed by atoms with Crippen molar-refractivity contribution in [3.8, 4) is 0 Å². The highest BCUT2D eigenvalue weighted by Crippen LogP contribution is 2.19. The van der Waals surface area contributed by atoms with Gasteiger partial charge in [-0.1, -0.05) is 12.1 Å². The van der Waals surface area contributed by atoms with E-state index < -0.39 is 0 Å². The summed E-state index contributed by atoms with van der Waals surface area (Å²) in [5.41, 5.74) is 7.02. The molecule has 0 aliphatic heterocycles. The average Bonchev–Trinajstić information content (AvgIpc) is 2.59. The zero-order valence-electron chi connectivity index (χ0n) is 8.03. The highest BCUT2D eigenvalue weighted by Gasteiger charge is 2.09. The Balaban J connectivity index is 2.75. The number of nitrogens with two attached hydrogens (primary N) is 1. The van der Waals surface area contributed by atoms with E-state index in [2.05, 4.69) is 0 Å². The second kappa shape index (κ2) is 3.27. The molecule has 0 radical (unpaired) electrons. The number of rotatable bonds is 2. The van der Waals surface area contributed by atoms with Crippen LogP contribution in [0.3, 0.4) is 0 Å². The monoisotopic (exact) mass is 188 g/mol. The van der Waals surface area contributed by atoms with Crippen molar-refractivity contribution in [3.05, 3.63) is 36.0 Å². The lowest BCUT2D eigenvalue weighted by Crippen LogP contribution is -2.14. The molecule has 0 atom stereocenters. The number of nitrogens with zero attached hydrogens (tertiary/aromatic N) is 1. The van der Waals surface area contributed by atoms with Crippen LogP contribution in [0.5, 0.6) is 0 Å². The number of hydrogen-bond donors (Lipinski definition) is 1. The van der Waals surface area contributed by atoms with Crippen molar-refractivity contribution >= 4 is 16.7 Å². The van der Waals surface area contributed by atoms with Gasteiger partial charge in [-0.25, -0.2) is 0 Å². The van der Waals surface area contributed by atoms with Crippen LogP contribution >= 0.6 is 0 Å². The minimum absolute atomic E-state index is 0.0163. The first-order chi connectivity index (χ1) is 6.74. The summed E-state index contributed by atoms with van der Waals surface area (Å²) >= 11 is 0. The fourth-order valence-corrected chi connectivity index (χ4v) is 1.69. The number of fused-ring (bicyclic) bond motifs is 1. The van der Waals surface area contributed by atoms with E-state index in [1.54, 1.807) is 0 Å². The highest BCUT2D eigenvalue weighted by atomic mass is 16.1. The lowest BCUT2D eigenvalue weighted by molar-refractivity contribution is 0.100. The van der Waals surface area contributed by atoms with Gasteiger partial charge in [0, 0.05) is 24.2 Å². The standard InChI is InChI=1S/C11H12N2O/c1-13-6-5-8-3-2-4-9(11(8)13)10(14)7-12/h2-6H,7,12H2,1H3. The lowest BCUT2D eigenvalue weighted by Gasteiger charge is -2.03. The highest BCUT2D eigenvalue weighted by molar-refractivity contribution is 6.07. The minimum Gasteiger partial charge on any atom is -0.350 e. The van der Waals surface area contributed by atoms with Gasteiger partial charge in [0.15, 0.2) is 5.78 Å². The lowest BCUT2D eigenvalue weighted by atomic mass is 10.1. The Bertz CT molecular complexity index is 485. The van der Waals surface area contributed by atoms with Gasteiger partial charge in [0.1, 0.15) is 0 Å². The molecule has 0 fully saturated rings. The van der Waals surface area contributed by atoms with Gasteiger partial charge in [0.05, 0.1) is 12.1 Å². The first-order valence-corrected chi connectivity index (χ1v) is 4.51. The van der Waals surface area contributed by atoms with Gasteiger partial charge in [0.2, 0.25) is 0 Å². The van der Waals surface area contributed by atoms with Crippen molar-refractivity contribution in [2.45, 2.75) is 0 Å². The molecule has 2 rings (SSSR count). The molecule has 14 heavy (non-hydrogen) atoms. The van der Waals surface area contributed by atoms with Crippen LogP contribution in [-0.4, -0.2) is 16.9 Å². The molecule has 0 spiro atoms. The predicted molar refractivity (Wildman–Crippen MR) is 56.3 cm³/mol. The molecule has 0 amide bonds. The van der Waals surface area contributed by atoms with Crippen LogP contribution in [0.1, 0.15) is 10.4 Å². The summed E-state index contributed by atoms with van der Waals surface area (Å²) in [5, 5.41) is 1.08. The van der Waals surface area contributed by atoms with Crippen molar-refractivity contribution in [2.75, 3.05) is 6.54 Å². The molecule has 2 aromatic rings. The maximum absolute atomic E-state index is 11.5. The van der Waals surface area contributed by atoms with Crippen LogP contribution in [0.2, 0.25) is 0 Å². The Morgan fingerprint density at radius 2 is 2.21 bits per heavy atom. The Hall–Kier alpha value is -1.61. The van der Waals surface area contributed by atoms with Gasteiger partial charge in [-0.05, 0) is 12.1 Å². The van der Waals surface area contributed by atoms with Crippen molar-refractivity contribution in [3.63, 3.8) is 0 Å². The Kier molecular flexibility index (Phi) is 2.09. The van der Waals surface area contributed by atoms with E-state index in [9.17, 15) is 4.79 Å².